The van der Waals surface area contributed by atoms with E-state index in [0.717, 1.165) is 33.9 Å². The Hall–Kier alpha value is -4.63. The zero-order chi connectivity index (χ0) is 35.3. The Morgan fingerprint density at radius 1 is 0.918 bits per heavy atom. The highest BCUT2D eigenvalue weighted by Crippen LogP contribution is 2.44. The summed E-state index contributed by atoms with van der Waals surface area (Å²) in [6, 6.07) is 22.0. The van der Waals surface area contributed by atoms with Crippen LogP contribution >= 0.6 is 0 Å². The van der Waals surface area contributed by atoms with Crippen LogP contribution in [-0.4, -0.2) is 64.6 Å². The third-order valence-electron chi connectivity index (χ3n) is 9.01. The average molecular weight is 670 g/mol. The summed E-state index contributed by atoms with van der Waals surface area (Å²) < 4.78 is 23.5. The van der Waals surface area contributed by atoms with Gasteiger partial charge in [-0.1, -0.05) is 44.2 Å². The van der Waals surface area contributed by atoms with Gasteiger partial charge in [-0.3, -0.25) is 9.91 Å². The summed E-state index contributed by atoms with van der Waals surface area (Å²) in [4.78, 5) is 13.8. The van der Waals surface area contributed by atoms with E-state index < -0.39 is 11.6 Å². The quantitative estimate of drug-likeness (QED) is 0.194. The van der Waals surface area contributed by atoms with Crippen LogP contribution in [0.2, 0.25) is 0 Å². The molecule has 0 saturated carbocycles. The Balaban J connectivity index is 1.41. The van der Waals surface area contributed by atoms with Crippen LogP contribution in [0.15, 0.2) is 85.2 Å². The van der Waals surface area contributed by atoms with Crippen molar-refractivity contribution in [1.82, 2.24) is 14.9 Å². The van der Waals surface area contributed by atoms with Crippen molar-refractivity contribution in [2.24, 2.45) is 11.8 Å². The van der Waals surface area contributed by atoms with Gasteiger partial charge in [0, 0.05) is 48.6 Å². The fourth-order valence-corrected chi connectivity index (χ4v) is 6.67. The summed E-state index contributed by atoms with van der Waals surface area (Å²) in [6.07, 6.45) is 6.23. The molecule has 5 rings (SSSR count). The molecular formula is C40H51N3O6. The first kappa shape index (κ1) is 35.7. The monoisotopic (exact) mass is 669 g/mol. The first-order chi connectivity index (χ1) is 23.4. The largest absolute Gasteiger partial charge is 0.497 e. The summed E-state index contributed by atoms with van der Waals surface area (Å²) in [6.45, 7) is 13.7. The highest BCUT2D eigenvalue weighted by Gasteiger charge is 2.35. The van der Waals surface area contributed by atoms with Crippen molar-refractivity contribution in [3.05, 3.63) is 102 Å². The number of nitrogens with zero attached hydrogens (tertiary/aromatic N) is 3. The molecule has 2 aliphatic rings. The van der Waals surface area contributed by atoms with Crippen LogP contribution in [0.3, 0.4) is 0 Å². The molecule has 0 aliphatic carbocycles. The van der Waals surface area contributed by atoms with Crippen LogP contribution in [0.5, 0.6) is 23.0 Å². The van der Waals surface area contributed by atoms with E-state index in [9.17, 15) is 9.90 Å². The Kier molecular flexibility index (Phi) is 11.1. The highest BCUT2D eigenvalue weighted by atomic mass is 16.5. The number of hydrogen-bond acceptors (Lipinski definition) is 7. The van der Waals surface area contributed by atoms with Gasteiger partial charge in [0.25, 0.3) is 0 Å². The fourth-order valence-electron chi connectivity index (χ4n) is 6.67. The number of fused-ring (bicyclic) bond motifs is 3. The van der Waals surface area contributed by atoms with Crippen LogP contribution < -0.4 is 18.9 Å². The van der Waals surface area contributed by atoms with E-state index in [-0.39, 0.29) is 24.7 Å². The third-order valence-corrected chi connectivity index (χ3v) is 9.01. The lowest BCUT2D eigenvalue weighted by Gasteiger charge is -2.40. The van der Waals surface area contributed by atoms with Crippen LogP contribution in [0.1, 0.15) is 64.7 Å². The molecule has 2 heterocycles. The van der Waals surface area contributed by atoms with Crippen molar-refractivity contribution >= 4 is 11.7 Å². The van der Waals surface area contributed by atoms with Gasteiger partial charge in [0.2, 0.25) is 0 Å². The summed E-state index contributed by atoms with van der Waals surface area (Å²) in [5.41, 5.74) is 3.95. The van der Waals surface area contributed by atoms with Crippen molar-refractivity contribution in [1.29, 1.82) is 0 Å². The zero-order valence-corrected chi connectivity index (χ0v) is 30.1. The minimum Gasteiger partial charge on any atom is -0.497 e. The number of rotatable bonds is 13. The lowest BCUT2D eigenvalue weighted by Crippen LogP contribution is -2.53. The maximum absolute atomic E-state index is 12.3. The van der Waals surface area contributed by atoms with E-state index in [0.29, 0.717) is 31.2 Å². The maximum atomic E-state index is 12.3. The van der Waals surface area contributed by atoms with Crippen LogP contribution in [0.4, 0.5) is 4.79 Å². The lowest BCUT2D eigenvalue weighted by atomic mass is 9.85. The molecule has 0 radical (unpaired) electrons. The Bertz CT molecular complexity index is 1580. The normalized spacial score (nSPS) is 17.5. The van der Waals surface area contributed by atoms with Crippen molar-refractivity contribution in [3.8, 4) is 23.0 Å². The van der Waals surface area contributed by atoms with E-state index in [1.807, 2.05) is 57.2 Å². The SMILES string of the molecule is COc1ccc(CN(Cc2ccc(OC)cc2)N2C=CC3C(=C2)c2ccc(OC[C@H](CC(C)C)N(C(=O)O)C(C)(C)C)cc2OC3C)cc1. The summed E-state index contributed by atoms with van der Waals surface area (Å²) in [5, 5.41) is 14.6. The third kappa shape index (κ3) is 8.70. The number of carbonyl (C=O) groups is 1. The molecule has 0 aromatic heterocycles. The molecule has 9 heteroatoms. The van der Waals surface area contributed by atoms with Gasteiger partial charge in [0.1, 0.15) is 35.7 Å². The van der Waals surface area contributed by atoms with Gasteiger partial charge in [0.05, 0.1) is 20.3 Å². The fraction of sp³-hybridized carbons (Fsp3) is 0.425. The maximum Gasteiger partial charge on any atom is 0.408 e. The number of ether oxygens (including phenoxy) is 4. The van der Waals surface area contributed by atoms with Crippen molar-refractivity contribution < 1.29 is 28.8 Å². The van der Waals surface area contributed by atoms with Gasteiger partial charge in [-0.05, 0) is 93.1 Å². The van der Waals surface area contributed by atoms with E-state index >= 15 is 0 Å². The molecule has 3 aromatic carbocycles. The first-order valence-electron chi connectivity index (χ1n) is 17.0. The molecule has 0 fully saturated rings. The van der Waals surface area contributed by atoms with Gasteiger partial charge < -0.3 is 24.1 Å². The molecule has 1 amide bonds. The number of amides is 1. The number of benzene rings is 3. The van der Waals surface area contributed by atoms with Gasteiger partial charge in [-0.15, -0.1) is 0 Å². The van der Waals surface area contributed by atoms with E-state index in [1.54, 1.807) is 14.2 Å². The summed E-state index contributed by atoms with van der Waals surface area (Å²) in [7, 11) is 3.36. The van der Waals surface area contributed by atoms with E-state index in [1.165, 1.54) is 10.5 Å². The molecule has 3 atom stereocenters. The molecule has 0 spiro atoms. The minimum atomic E-state index is -0.940. The van der Waals surface area contributed by atoms with Crippen molar-refractivity contribution in [2.45, 2.75) is 78.7 Å². The Morgan fingerprint density at radius 3 is 2.00 bits per heavy atom. The number of hydrazine groups is 1. The molecule has 1 N–H and O–H groups in total. The summed E-state index contributed by atoms with van der Waals surface area (Å²) >= 11 is 0. The predicted octanol–water partition coefficient (Wildman–Crippen LogP) is 8.46. The van der Waals surface area contributed by atoms with E-state index in [4.69, 9.17) is 18.9 Å². The van der Waals surface area contributed by atoms with Crippen LogP contribution in [0, 0.1) is 11.8 Å². The molecule has 2 aliphatic heterocycles. The molecule has 49 heavy (non-hydrogen) atoms. The van der Waals surface area contributed by atoms with Crippen LogP contribution in [0.25, 0.3) is 5.57 Å². The second-order valence-electron chi connectivity index (χ2n) is 14.2. The number of hydrogen-bond donors (Lipinski definition) is 1. The smallest absolute Gasteiger partial charge is 0.408 e. The standard InChI is InChI=1S/C40H51N3O6/c1-27(2)21-31(43(39(44)45)40(4,5)6)26-48-34-17-18-36-37-25-41(20-19-35(37)28(3)49-38(36)22-34)42(23-29-9-13-32(46-7)14-10-29)24-30-11-15-33(47-8)16-12-30/h9-20,22,25,27-28,31,35H,21,23-24,26H2,1-8H3,(H,44,45)/t28?,31-,35?/m0/s1. The number of carboxylic acid groups (broad SMARTS) is 1. The summed E-state index contributed by atoms with van der Waals surface area (Å²) in [5.74, 6) is 3.46. The Morgan fingerprint density at radius 2 is 1.49 bits per heavy atom. The Labute approximate surface area is 291 Å². The molecule has 3 aromatic rings. The average Bonchev–Trinajstić information content (AvgIpc) is 3.06. The van der Waals surface area contributed by atoms with Crippen molar-refractivity contribution in [2.75, 3.05) is 20.8 Å². The van der Waals surface area contributed by atoms with Crippen LogP contribution in [-0.2, 0) is 13.1 Å². The zero-order valence-electron chi connectivity index (χ0n) is 30.1. The lowest BCUT2D eigenvalue weighted by molar-refractivity contribution is 0.0431. The van der Waals surface area contributed by atoms with E-state index in [2.05, 4.69) is 79.6 Å². The molecule has 2 unspecified atom stereocenters. The minimum absolute atomic E-state index is 0.0823. The number of methoxy groups -OCH3 is 2. The molecule has 0 bridgehead atoms. The van der Waals surface area contributed by atoms with Gasteiger partial charge in [0.15, 0.2) is 0 Å². The first-order valence-corrected chi connectivity index (χ1v) is 17.0. The van der Waals surface area contributed by atoms with Crippen molar-refractivity contribution in [3.63, 3.8) is 0 Å². The second kappa shape index (κ2) is 15.3. The highest BCUT2D eigenvalue weighted by molar-refractivity contribution is 5.76. The topological polar surface area (TPSA) is 83.9 Å². The van der Waals surface area contributed by atoms with Gasteiger partial charge in [-0.2, -0.15) is 0 Å². The van der Waals surface area contributed by atoms with Gasteiger partial charge >= 0.3 is 6.09 Å². The molecule has 9 nitrogen and oxygen atoms in total. The molecular weight excluding hydrogens is 618 g/mol. The molecule has 262 valence electrons. The predicted molar refractivity (Wildman–Crippen MR) is 193 cm³/mol. The van der Waals surface area contributed by atoms with Gasteiger partial charge in [-0.25, -0.2) is 9.80 Å². The second-order valence-corrected chi connectivity index (χ2v) is 14.2. The molecule has 0 saturated heterocycles.